The number of urea groups is 1. The number of amides is 2. The number of carbonyl (C=O) groups excluding carboxylic acids is 1. The number of rotatable bonds is 8. The molecule has 0 aliphatic rings. The van der Waals surface area contributed by atoms with E-state index in [1.807, 2.05) is 72.4 Å². The number of ether oxygens (including phenoxy) is 2. The second-order valence-corrected chi connectivity index (χ2v) is 7.36. The molecule has 0 fully saturated rings. The van der Waals surface area contributed by atoms with Crippen molar-refractivity contribution in [1.82, 2.24) is 20.1 Å². The fourth-order valence-electron chi connectivity index (χ4n) is 3.19. The Morgan fingerprint density at radius 2 is 1.88 bits per heavy atom. The van der Waals surface area contributed by atoms with Crippen LogP contribution < -0.4 is 20.1 Å². The molecule has 0 spiro atoms. The van der Waals surface area contributed by atoms with E-state index in [1.54, 1.807) is 19.2 Å². The van der Waals surface area contributed by atoms with Crippen LogP contribution >= 0.6 is 0 Å². The number of aromatic nitrogens is 3. The molecule has 168 valence electrons. The molecule has 8 nitrogen and oxygen atoms in total. The van der Waals surface area contributed by atoms with Gasteiger partial charge in [-0.15, -0.1) is 0 Å². The second-order valence-electron chi connectivity index (χ2n) is 7.36. The summed E-state index contributed by atoms with van der Waals surface area (Å²) in [5, 5.41) is 10.1. The van der Waals surface area contributed by atoms with Crippen LogP contribution in [-0.4, -0.2) is 34.5 Å². The number of hydrogen-bond acceptors (Lipinski definition) is 5. The van der Waals surface area contributed by atoms with Crippen LogP contribution in [0.4, 0.5) is 10.5 Å². The van der Waals surface area contributed by atoms with Gasteiger partial charge in [-0.05, 0) is 48.9 Å². The van der Waals surface area contributed by atoms with E-state index in [2.05, 4.69) is 20.7 Å². The Morgan fingerprint density at radius 3 is 2.64 bits per heavy atom. The van der Waals surface area contributed by atoms with Gasteiger partial charge in [0, 0.05) is 25.2 Å². The monoisotopic (exact) mass is 443 g/mol. The lowest BCUT2D eigenvalue weighted by Crippen LogP contribution is -2.30. The van der Waals surface area contributed by atoms with Crippen molar-refractivity contribution in [3.05, 3.63) is 90.4 Å². The van der Waals surface area contributed by atoms with Gasteiger partial charge in [0.05, 0.1) is 30.4 Å². The zero-order chi connectivity index (χ0) is 23.0. The first-order valence-corrected chi connectivity index (χ1v) is 10.5. The fourth-order valence-corrected chi connectivity index (χ4v) is 3.19. The molecule has 0 saturated heterocycles. The van der Waals surface area contributed by atoms with Crippen molar-refractivity contribution in [3.8, 4) is 23.1 Å². The summed E-state index contributed by atoms with van der Waals surface area (Å²) in [6.07, 6.45) is 4.07. The normalized spacial score (nSPS) is 10.5. The van der Waals surface area contributed by atoms with E-state index in [9.17, 15) is 4.79 Å². The maximum Gasteiger partial charge on any atom is 0.319 e. The summed E-state index contributed by atoms with van der Waals surface area (Å²) < 4.78 is 13.0. The first kappa shape index (κ1) is 21.9. The summed E-state index contributed by atoms with van der Waals surface area (Å²) in [4.78, 5) is 16.4. The highest BCUT2D eigenvalue weighted by Gasteiger charge is 2.08. The number of methoxy groups -OCH3 is 1. The van der Waals surface area contributed by atoms with E-state index >= 15 is 0 Å². The van der Waals surface area contributed by atoms with Gasteiger partial charge in [-0.3, -0.25) is 0 Å². The number of benzene rings is 2. The number of pyridine rings is 1. The highest BCUT2D eigenvalue weighted by atomic mass is 16.5. The van der Waals surface area contributed by atoms with E-state index in [4.69, 9.17) is 9.47 Å². The molecule has 0 saturated carbocycles. The zero-order valence-corrected chi connectivity index (χ0v) is 18.5. The van der Waals surface area contributed by atoms with Gasteiger partial charge in [-0.2, -0.15) is 5.10 Å². The second kappa shape index (κ2) is 10.3. The minimum atomic E-state index is -0.312. The van der Waals surface area contributed by atoms with E-state index in [0.29, 0.717) is 36.0 Å². The summed E-state index contributed by atoms with van der Waals surface area (Å²) in [6.45, 7) is 2.44. The number of para-hydroxylation sites is 1. The molecule has 0 radical (unpaired) electrons. The topological polar surface area (TPSA) is 90.3 Å². The van der Waals surface area contributed by atoms with Gasteiger partial charge in [0.15, 0.2) is 11.5 Å². The minimum Gasteiger partial charge on any atom is -0.493 e. The first-order chi connectivity index (χ1) is 16.1. The molecule has 0 bridgehead atoms. The van der Waals surface area contributed by atoms with Crippen molar-refractivity contribution in [3.63, 3.8) is 0 Å². The van der Waals surface area contributed by atoms with Crippen molar-refractivity contribution in [2.45, 2.75) is 13.3 Å². The molecule has 2 aromatic heterocycles. The van der Waals surface area contributed by atoms with Crippen LogP contribution in [0.3, 0.4) is 0 Å². The molecule has 0 aliphatic heterocycles. The van der Waals surface area contributed by atoms with Crippen LogP contribution in [-0.2, 0) is 6.42 Å². The standard InChI is InChI=1S/C25H25N5O3/c1-18-8-10-22(23(16-18)32-2)33-24-11-9-20(17-27-24)28-25(31)26-14-12-19-13-15-30(29-19)21-6-4-3-5-7-21/h3-11,13,15-17H,12,14H2,1-2H3,(H2,26,28,31). The Balaban J connectivity index is 1.25. The van der Waals surface area contributed by atoms with Crippen molar-refractivity contribution in [2.75, 3.05) is 19.0 Å². The van der Waals surface area contributed by atoms with Crippen molar-refractivity contribution >= 4 is 11.7 Å². The number of hydrogen-bond donors (Lipinski definition) is 2. The molecule has 33 heavy (non-hydrogen) atoms. The molecule has 4 rings (SSSR count). The maximum atomic E-state index is 12.2. The lowest BCUT2D eigenvalue weighted by atomic mass is 10.2. The minimum absolute atomic E-state index is 0.312. The number of carbonyl (C=O) groups is 1. The number of anilines is 1. The summed E-state index contributed by atoms with van der Waals surface area (Å²) in [6, 6.07) is 20.6. The molecule has 2 heterocycles. The largest absolute Gasteiger partial charge is 0.493 e. The third-order valence-corrected chi connectivity index (χ3v) is 4.86. The predicted octanol–water partition coefficient (Wildman–Crippen LogP) is 4.74. The lowest BCUT2D eigenvalue weighted by molar-refractivity contribution is 0.252. The van der Waals surface area contributed by atoms with E-state index in [1.165, 1.54) is 6.20 Å². The number of aryl methyl sites for hydroxylation is 1. The first-order valence-electron chi connectivity index (χ1n) is 10.5. The molecule has 4 aromatic rings. The van der Waals surface area contributed by atoms with Gasteiger partial charge >= 0.3 is 6.03 Å². The van der Waals surface area contributed by atoms with Crippen molar-refractivity contribution in [2.24, 2.45) is 0 Å². The number of nitrogens with one attached hydrogen (secondary N) is 2. The average Bonchev–Trinajstić information content (AvgIpc) is 3.31. The average molecular weight is 444 g/mol. The third kappa shape index (κ3) is 5.88. The molecule has 8 heteroatoms. The SMILES string of the molecule is COc1cc(C)ccc1Oc1ccc(NC(=O)NCCc2ccn(-c3ccccc3)n2)cn1. The highest BCUT2D eigenvalue weighted by molar-refractivity contribution is 5.89. The summed E-state index contributed by atoms with van der Waals surface area (Å²) in [5.41, 5.74) is 3.52. The molecular formula is C25H25N5O3. The van der Waals surface area contributed by atoms with E-state index < -0.39 is 0 Å². The lowest BCUT2D eigenvalue weighted by Gasteiger charge is -2.11. The Hall–Kier alpha value is -4.33. The molecule has 2 N–H and O–H groups in total. The molecule has 0 aliphatic carbocycles. The zero-order valence-electron chi connectivity index (χ0n) is 18.5. The Labute approximate surface area is 192 Å². The summed E-state index contributed by atoms with van der Waals surface area (Å²) >= 11 is 0. The van der Waals surface area contributed by atoms with Gasteiger partial charge < -0.3 is 20.1 Å². The van der Waals surface area contributed by atoms with Crippen LogP contribution in [0.2, 0.25) is 0 Å². The van der Waals surface area contributed by atoms with E-state index in [0.717, 1.165) is 16.9 Å². The maximum absolute atomic E-state index is 12.2. The number of nitrogens with zero attached hydrogens (tertiary/aromatic N) is 3. The quantitative estimate of drug-likeness (QED) is 0.410. The third-order valence-electron chi connectivity index (χ3n) is 4.86. The predicted molar refractivity (Wildman–Crippen MR) is 126 cm³/mol. The van der Waals surface area contributed by atoms with Crippen LogP contribution in [0, 0.1) is 6.92 Å². The van der Waals surface area contributed by atoms with Gasteiger partial charge in [0.2, 0.25) is 5.88 Å². The Bertz CT molecular complexity index is 1210. The summed E-state index contributed by atoms with van der Waals surface area (Å²) in [5.74, 6) is 1.60. The van der Waals surface area contributed by atoms with Crippen LogP contribution in [0.5, 0.6) is 17.4 Å². The molecule has 2 amide bonds. The molecule has 0 atom stereocenters. The van der Waals surface area contributed by atoms with Crippen LogP contribution in [0.25, 0.3) is 5.69 Å². The Morgan fingerprint density at radius 1 is 1.03 bits per heavy atom. The molecule has 0 unspecified atom stereocenters. The van der Waals surface area contributed by atoms with Gasteiger partial charge in [0.25, 0.3) is 0 Å². The van der Waals surface area contributed by atoms with Crippen LogP contribution in [0.1, 0.15) is 11.3 Å². The van der Waals surface area contributed by atoms with Crippen molar-refractivity contribution in [1.29, 1.82) is 0 Å². The molecular weight excluding hydrogens is 418 g/mol. The van der Waals surface area contributed by atoms with Gasteiger partial charge in [0.1, 0.15) is 0 Å². The Kier molecular flexibility index (Phi) is 6.84. The fraction of sp³-hybridized carbons (Fsp3) is 0.160. The van der Waals surface area contributed by atoms with Crippen molar-refractivity contribution < 1.29 is 14.3 Å². The smallest absolute Gasteiger partial charge is 0.319 e. The molecule has 2 aromatic carbocycles. The van der Waals surface area contributed by atoms with Gasteiger partial charge in [-0.25, -0.2) is 14.5 Å². The van der Waals surface area contributed by atoms with Gasteiger partial charge in [-0.1, -0.05) is 24.3 Å². The van der Waals surface area contributed by atoms with E-state index in [-0.39, 0.29) is 6.03 Å². The summed E-state index contributed by atoms with van der Waals surface area (Å²) in [7, 11) is 1.59. The highest BCUT2D eigenvalue weighted by Crippen LogP contribution is 2.31. The van der Waals surface area contributed by atoms with Crippen LogP contribution in [0.15, 0.2) is 79.1 Å².